The fourth-order valence-corrected chi connectivity index (χ4v) is 1.80. The third-order valence-corrected chi connectivity index (χ3v) is 2.89. The lowest BCUT2D eigenvalue weighted by molar-refractivity contribution is -0.0498. The number of nitrogens with zero attached hydrogens (tertiary/aromatic N) is 3. The highest BCUT2D eigenvalue weighted by Crippen LogP contribution is 2.16. The van der Waals surface area contributed by atoms with E-state index in [0.717, 1.165) is 0 Å². The van der Waals surface area contributed by atoms with Gasteiger partial charge in [-0.1, -0.05) is 0 Å². The molecule has 0 unspecified atom stereocenters. The first-order valence-corrected chi connectivity index (χ1v) is 6.91. The lowest BCUT2D eigenvalue weighted by Crippen LogP contribution is -2.20. The molecule has 0 saturated heterocycles. The van der Waals surface area contributed by atoms with Gasteiger partial charge in [-0.05, 0) is 24.3 Å². The zero-order valence-corrected chi connectivity index (χ0v) is 13.0. The molecule has 0 bridgehead atoms. The predicted octanol–water partition coefficient (Wildman–Crippen LogP) is 2.09. The van der Waals surface area contributed by atoms with Gasteiger partial charge in [0.1, 0.15) is 5.75 Å². The van der Waals surface area contributed by atoms with Crippen LogP contribution in [-0.2, 0) is 0 Å². The highest BCUT2D eigenvalue weighted by atomic mass is 19.3. The van der Waals surface area contributed by atoms with E-state index in [2.05, 4.69) is 9.84 Å². The maximum absolute atomic E-state index is 12.1. The van der Waals surface area contributed by atoms with Gasteiger partial charge in [0.15, 0.2) is 5.69 Å². The van der Waals surface area contributed by atoms with Crippen LogP contribution >= 0.6 is 0 Å². The van der Waals surface area contributed by atoms with Crippen molar-refractivity contribution in [2.45, 2.75) is 6.61 Å². The monoisotopic (exact) mass is 335 g/mol. The van der Waals surface area contributed by atoms with E-state index in [1.54, 1.807) is 19.0 Å². The van der Waals surface area contributed by atoms with Gasteiger partial charge >= 0.3 is 6.61 Å². The molecule has 0 aliphatic rings. The molecule has 0 fully saturated rings. The Balaban J connectivity index is 2.30. The molecule has 0 atom stereocenters. The van der Waals surface area contributed by atoms with Crippen molar-refractivity contribution in [2.75, 3.05) is 14.1 Å². The second kappa shape index (κ2) is 7.49. The minimum absolute atomic E-state index is 0.0000104. The summed E-state index contributed by atoms with van der Waals surface area (Å²) < 4.78 is 29.8. The standard InChI is InChI=1S/C16H15F2N3O3/c1-20(2)9-7-13(22)15-14(23)8-10-21(19-15)11-3-5-12(6-4-11)24-16(17)18/h3-10,16H,1-2H3/b9-7+. The number of allylic oxidation sites excluding steroid dienone is 1. The smallest absolute Gasteiger partial charge is 0.387 e. The highest BCUT2D eigenvalue weighted by molar-refractivity contribution is 6.02. The zero-order valence-electron chi connectivity index (χ0n) is 13.0. The lowest BCUT2D eigenvalue weighted by atomic mass is 10.2. The van der Waals surface area contributed by atoms with Crippen LogP contribution in [0, 0.1) is 0 Å². The van der Waals surface area contributed by atoms with E-state index in [4.69, 9.17) is 0 Å². The minimum atomic E-state index is -2.91. The van der Waals surface area contributed by atoms with E-state index < -0.39 is 17.8 Å². The molecular weight excluding hydrogens is 320 g/mol. The van der Waals surface area contributed by atoms with Crippen LogP contribution in [0.2, 0.25) is 0 Å². The fourth-order valence-electron chi connectivity index (χ4n) is 1.80. The van der Waals surface area contributed by atoms with Crippen LogP contribution in [0.25, 0.3) is 5.69 Å². The fraction of sp³-hybridized carbons (Fsp3) is 0.188. The van der Waals surface area contributed by atoms with Crippen molar-refractivity contribution in [1.82, 2.24) is 14.7 Å². The van der Waals surface area contributed by atoms with Gasteiger partial charge in [-0.3, -0.25) is 9.59 Å². The third-order valence-electron chi connectivity index (χ3n) is 2.89. The SMILES string of the molecule is CN(C)/C=C/C(=O)c1nn(-c2ccc(OC(F)F)cc2)ccc1=O. The van der Waals surface area contributed by atoms with Gasteiger partial charge in [0.05, 0.1) is 5.69 Å². The molecule has 126 valence electrons. The van der Waals surface area contributed by atoms with Crippen LogP contribution in [0.15, 0.2) is 53.6 Å². The normalized spacial score (nSPS) is 11.0. The molecule has 2 aromatic rings. The molecule has 1 aromatic heterocycles. The molecule has 6 nitrogen and oxygen atoms in total. The Morgan fingerprint density at radius 3 is 2.50 bits per heavy atom. The van der Waals surface area contributed by atoms with Crippen molar-refractivity contribution >= 4 is 5.78 Å². The molecule has 1 aromatic carbocycles. The van der Waals surface area contributed by atoms with Crippen LogP contribution < -0.4 is 10.2 Å². The third kappa shape index (κ3) is 4.48. The number of aromatic nitrogens is 2. The molecule has 0 aliphatic heterocycles. The van der Waals surface area contributed by atoms with Crippen molar-refractivity contribution < 1.29 is 18.3 Å². The molecular formula is C16H15F2N3O3. The Labute approximate surface area is 136 Å². The first kappa shape index (κ1) is 17.3. The molecule has 24 heavy (non-hydrogen) atoms. The summed E-state index contributed by atoms with van der Waals surface area (Å²) in [5.74, 6) is -0.527. The summed E-state index contributed by atoms with van der Waals surface area (Å²) in [6, 6.07) is 6.87. The molecule has 0 aliphatic carbocycles. The minimum Gasteiger partial charge on any atom is -0.435 e. The largest absolute Gasteiger partial charge is 0.435 e. The number of ether oxygens (including phenoxy) is 1. The maximum Gasteiger partial charge on any atom is 0.387 e. The van der Waals surface area contributed by atoms with Gasteiger partial charge in [0, 0.05) is 38.6 Å². The average molecular weight is 335 g/mol. The van der Waals surface area contributed by atoms with E-state index in [1.165, 1.54) is 53.5 Å². The average Bonchev–Trinajstić information content (AvgIpc) is 2.53. The van der Waals surface area contributed by atoms with Crippen molar-refractivity contribution in [3.8, 4) is 11.4 Å². The van der Waals surface area contributed by atoms with E-state index in [-0.39, 0.29) is 11.4 Å². The van der Waals surface area contributed by atoms with Gasteiger partial charge in [0.25, 0.3) is 0 Å². The van der Waals surface area contributed by atoms with Gasteiger partial charge in [-0.25, -0.2) is 4.68 Å². The van der Waals surface area contributed by atoms with E-state index in [9.17, 15) is 18.4 Å². The van der Waals surface area contributed by atoms with Crippen molar-refractivity contribution in [3.05, 3.63) is 64.7 Å². The highest BCUT2D eigenvalue weighted by Gasteiger charge is 2.11. The van der Waals surface area contributed by atoms with Crippen molar-refractivity contribution in [3.63, 3.8) is 0 Å². The molecule has 0 radical (unpaired) electrons. The van der Waals surface area contributed by atoms with Gasteiger partial charge < -0.3 is 9.64 Å². The maximum atomic E-state index is 12.1. The zero-order chi connectivity index (χ0) is 17.7. The summed E-state index contributed by atoms with van der Waals surface area (Å²) in [6.45, 7) is -2.91. The van der Waals surface area contributed by atoms with Gasteiger partial charge in [0.2, 0.25) is 11.2 Å². The van der Waals surface area contributed by atoms with Crippen molar-refractivity contribution in [1.29, 1.82) is 0 Å². The molecule has 2 rings (SSSR count). The van der Waals surface area contributed by atoms with Gasteiger partial charge in [-0.2, -0.15) is 13.9 Å². The van der Waals surface area contributed by atoms with E-state index in [1.807, 2.05) is 0 Å². The summed E-state index contributed by atoms with van der Waals surface area (Å²) >= 11 is 0. The second-order valence-electron chi connectivity index (χ2n) is 4.99. The molecule has 0 N–H and O–H groups in total. The van der Waals surface area contributed by atoms with Crippen LogP contribution in [0.4, 0.5) is 8.78 Å². The van der Waals surface area contributed by atoms with Crippen LogP contribution in [0.3, 0.4) is 0 Å². The Morgan fingerprint density at radius 2 is 1.92 bits per heavy atom. The molecule has 0 amide bonds. The van der Waals surface area contributed by atoms with Gasteiger partial charge in [-0.15, -0.1) is 0 Å². The number of benzene rings is 1. The summed E-state index contributed by atoms with van der Waals surface area (Å²) in [5, 5.41) is 4.01. The number of hydrogen-bond donors (Lipinski definition) is 0. The van der Waals surface area contributed by atoms with Crippen molar-refractivity contribution in [2.24, 2.45) is 0 Å². The Bertz CT molecular complexity index is 799. The number of carbonyl (C=O) groups excluding carboxylic acids is 1. The first-order valence-electron chi connectivity index (χ1n) is 6.91. The Hall–Kier alpha value is -3.03. The number of ketones is 1. The number of carbonyl (C=O) groups is 1. The number of alkyl halides is 2. The number of halogens is 2. The van der Waals surface area contributed by atoms with Crippen LogP contribution in [0.1, 0.15) is 10.5 Å². The summed E-state index contributed by atoms with van der Waals surface area (Å²) in [5.41, 5.74) is -0.247. The summed E-state index contributed by atoms with van der Waals surface area (Å²) in [4.78, 5) is 25.5. The molecule has 0 spiro atoms. The number of hydrogen-bond acceptors (Lipinski definition) is 5. The lowest BCUT2D eigenvalue weighted by Gasteiger charge is -2.08. The summed E-state index contributed by atoms with van der Waals surface area (Å²) in [7, 11) is 3.48. The van der Waals surface area contributed by atoms with E-state index >= 15 is 0 Å². The predicted molar refractivity (Wildman–Crippen MR) is 83.6 cm³/mol. The summed E-state index contributed by atoms with van der Waals surface area (Å²) in [6.07, 6.45) is 4.14. The van der Waals surface area contributed by atoms with Crippen LogP contribution in [0.5, 0.6) is 5.75 Å². The quantitative estimate of drug-likeness (QED) is 0.597. The molecule has 8 heteroatoms. The first-order chi connectivity index (χ1) is 11.4. The Kier molecular flexibility index (Phi) is 5.41. The Morgan fingerprint density at radius 1 is 1.25 bits per heavy atom. The second-order valence-corrected chi connectivity index (χ2v) is 4.99. The topological polar surface area (TPSA) is 64.4 Å². The van der Waals surface area contributed by atoms with E-state index in [0.29, 0.717) is 5.69 Å². The molecule has 1 heterocycles. The van der Waals surface area contributed by atoms with Crippen LogP contribution in [-0.4, -0.2) is 41.2 Å². The molecule has 0 saturated carbocycles. The number of rotatable bonds is 6.